The minimum Gasteiger partial charge on any atom is -0.370 e. The maximum Gasteiger partial charge on any atom is 0.0366 e. The largest absolute Gasteiger partial charge is 0.370 e. The monoisotopic (exact) mass is 327 g/mol. The van der Waals surface area contributed by atoms with Crippen molar-refractivity contribution in [2.75, 3.05) is 57.8 Å². The Balaban J connectivity index is 1.23. The van der Waals surface area contributed by atoms with E-state index >= 15 is 0 Å². The third-order valence-electron chi connectivity index (χ3n) is 6.72. The van der Waals surface area contributed by atoms with Gasteiger partial charge in [-0.2, -0.15) is 0 Å². The Labute approximate surface area is 147 Å². The van der Waals surface area contributed by atoms with Gasteiger partial charge >= 0.3 is 0 Å². The average molecular weight is 328 g/mol. The van der Waals surface area contributed by atoms with E-state index in [9.17, 15) is 0 Å². The van der Waals surface area contributed by atoms with Crippen LogP contribution >= 0.6 is 0 Å². The molecule has 1 spiro atoms. The fourth-order valence-corrected chi connectivity index (χ4v) is 4.84. The van der Waals surface area contributed by atoms with E-state index in [-0.39, 0.29) is 0 Å². The lowest BCUT2D eigenvalue weighted by molar-refractivity contribution is 0.0593. The van der Waals surface area contributed by atoms with Crippen molar-refractivity contribution in [1.82, 2.24) is 9.80 Å². The third-order valence-corrected chi connectivity index (χ3v) is 6.72. The molecular weight excluding hydrogens is 294 g/mol. The van der Waals surface area contributed by atoms with Crippen molar-refractivity contribution in [3.63, 3.8) is 0 Å². The van der Waals surface area contributed by atoms with Crippen LogP contribution in [0.4, 0.5) is 5.69 Å². The van der Waals surface area contributed by atoms with Crippen molar-refractivity contribution < 1.29 is 0 Å². The van der Waals surface area contributed by atoms with Crippen LogP contribution in [0, 0.1) is 18.3 Å². The van der Waals surface area contributed by atoms with Gasteiger partial charge in [-0.05, 0) is 83.9 Å². The van der Waals surface area contributed by atoms with Crippen LogP contribution in [0.3, 0.4) is 0 Å². The molecule has 0 bridgehead atoms. The summed E-state index contributed by atoms with van der Waals surface area (Å²) in [5.74, 6) is 0.945. The number of hydrogen-bond donors (Lipinski definition) is 0. The van der Waals surface area contributed by atoms with E-state index < -0.39 is 0 Å². The number of anilines is 1. The summed E-state index contributed by atoms with van der Waals surface area (Å²) in [6.45, 7) is 11.3. The minimum atomic E-state index is 0.619. The molecule has 3 nitrogen and oxygen atoms in total. The van der Waals surface area contributed by atoms with E-state index in [4.69, 9.17) is 0 Å². The molecule has 4 rings (SSSR count). The van der Waals surface area contributed by atoms with Gasteiger partial charge in [0, 0.05) is 30.7 Å². The standard InChI is InChI=1S/C21H33N3/c1-18-3-5-20(6-4-18)24-16-21(17-24)9-13-23(14-10-21)15-19-7-11-22(2)12-8-19/h3-6,19H,7-17H2,1-2H3. The Morgan fingerprint density at radius 3 is 2.21 bits per heavy atom. The van der Waals surface area contributed by atoms with Crippen molar-refractivity contribution >= 4 is 5.69 Å². The molecule has 3 heterocycles. The van der Waals surface area contributed by atoms with Gasteiger partial charge in [0.2, 0.25) is 0 Å². The molecule has 0 amide bonds. The zero-order chi connectivity index (χ0) is 16.6. The van der Waals surface area contributed by atoms with Crippen LogP contribution in [0.1, 0.15) is 31.2 Å². The Hall–Kier alpha value is -1.06. The molecule has 0 N–H and O–H groups in total. The van der Waals surface area contributed by atoms with Crippen molar-refractivity contribution in [1.29, 1.82) is 0 Å². The van der Waals surface area contributed by atoms with Crippen molar-refractivity contribution in [2.24, 2.45) is 11.3 Å². The third kappa shape index (κ3) is 3.48. The molecule has 1 aromatic rings. The SMILES string of the molecule is Cc1ccc(N2CC3(CCN(CC4CCN(C)CC4)CC3)C2)cc1. The van der Waals surface area contributed by atoms with E-state index in [1.165, 1.54) is 82.7 Å². The van der Waals surface area contributed by atoms with E-state index in [0.29, 0.717) is 5.41 Å². The molecule has 0 radical (unpaired) electrons. The molecule has 1 aromatic carbocycles. The lowest BCUT2D eigenvalue weighted by Crippen LogP contribution is -2.60. The van der Waals surface area contributed by atoms with Crippen LogP contribution in [-0.4, -0.2) is 62.7 Å². The van der Waals surface area contributed by atoms with Gasteiger partial charge in [0.05, 0.1) is 0 Å². The first-order valence-corrected chi connectivity index (χ1v) is 9.84. The Morgan fingerprint density at radius 2 is 1.58 bits per heavy atom. The first kappa shape index (κ1) is 16.4. The number of rotatable bonds is 3. The summed E-state index contributed by atoms with van der Waals surface area (Å²) >= 11 is 0. The van der Waals surface area contributed by atoms with Crippen LogP contribution in [0.2, 0.25) is 0 Å². The summed E-state index contributed by atoms with van der Waals surface area (Å²) in [7, 11) is 2.26. The number of piperidine rings is 2. The number of likely N-dealkylation sites (tertiary alicyclic amines) is 2. The molecule has 0 unspecified atom stereocenters. The summed E-state index contributed by atoms with van der Waals surface area (Å²) in [5, 5.41) is 0. The van der Waals surface area contributed by atoms with Gasteiger partial charge in [0.25, 0.3) is 0 Å². The maximum atomic E-state index is 2.76. The normalized spacial score (nSPS) is 25.8. The minimum absolute atomic E-state index is 0.619. The zero-order valence-electron chi connectivity index (χ0n) is 15.5. The molecule has 0 atom stereocenters. The smallest absolute Gasteiger partial charge is 0.0366 e. The van der Waals surface area contributed by atoms with Crippen LogP contribution < -0.4 is 4.90 Å². The Morgan fingerprint density at radius 1 is 0.958 bits per heavy atom. The second-order valence-corrected chi connectivity index (χ2v) is 8.74. The molecule has 0 aliphatic carbocycles. The highest BCUT2D eigenvalue weighted by Crippen LogP contribution is 2.42. The molecular formula is C21H33N3. The summed E-state index contributed by atoms with van der Waals surface area (Å²) < 4.78 is 0. The lowest BCUT2D eigenvalue weighted by Gasteiger charge is -2.55. The average Bonchev–Trinajstić information content (AvgIpc) is 2.57. The van der Waals surface area contributed by atoms with Gasteiger partial charge in [0.1, 0.15) is 0 Å². The first-order valence-electron chi connectivity index (χ1n) is 9.84. The maximum absolute atomic E-state index is 2.76. The molecule has 0 saturated carbocycles. The summed E-state index contributed by atoms with van der Waals surface area (Å²) in [6, 6.07) is 9.06. The molecule has 3 aliphatic rings. The number of benzene rings is 1. The second-order valence-electron chi connectivity index (χ2n) is 8.74. The molecule has 0 aromatic heterocycles. The fraction of sp³-hybridized carbons (Fsp3) is 0.714. The fourth-order valence-electron chi connectivity index (χ4n) is 4.84. The second kappa shape index (κ2) is 6.68. The highest BCUT2D eigenvalue weighted by Gasteiger charge is 2.44. The number of aryl methyl sites for hydroxylation is 1. The van der Waals surface area contributed by atoms with Gasteiger partial charge < -0.3 is 14.7 Å². The van der Waals surface area contributed by atoms with E-state index in [2.05, 4.69) is 52.9 Å². The molecule has 3 heteroatoms. The van der Waals surface area contributed by atoms with E-state index in [0.717, 1.165) is 5.92 Å². The van der Waals surface area contributed by atoms with Crippen molar-refractivity contribution in [3.8, 4) is 0 Å². The highest BCUT2D eigenvalue weighted by molar-refractivity contribution is 5.50. The molecule has 3 fully saturated rings. The Kier molecular flexibility index (Phi) is 4.57. The summed E-state index contributed by atoms with van der Waals surface area (Å²) in [6.07, 6.45) is 5.61. The van der Waals surface area contributed by atoms with Crippen LogP contribution in [0.5, 0.6) is 0 Å². The molecule has 3 aliphatic heterocycles. The van der Waals surface area contributed by atoms with Gasteiger partial charge in [-0.25, -0.2) is 0 Å². The number of nitrogens with zero attached hydrogens (tertiary/aromatic N) is 3. The van der Waals surface area contributed by atoms with Crippen LogP contribution in [0.25, 0.3) is 0 Å². The van der Waals surface area contributed by atoms with Crippen LogP contribution in [0.15, 0.2) is 24.3 Å². The van der Waals surface area contributed by atoms with Gasteiger partial charge in [-0.1, -0.05) is 17.7 Å². The van der Waals surface area contributed by atoms with Gasteiger partial charge in [0.15, 0.2) is 0 Å². The zero-order valence-corrected chi connectivity index (χ0v) is 15.5. The van der Waals surface area contributed by atoms with E-state index in [1.54, 1.807) is 0 Å². The Bertz CT molecular complexity index is 529. The van der Waals surface area contributed by atoms with Crippen LogP contribution in [-0.2, 0) is 0 Å². The molecule has 24 heavy (non-hydrogen) atoms. The van der Waals surface area contributed by atoms with Crippen molar-refractivity contribution in [2.45, 2.75) is 32.6 Å². The molecule has 3 saturated heterocycles. The topological polar surface area (TPSA) is 9.72 Å². The highest BCUT2D eigenvalue weighted by atomic mass is 15.2. The molecule has 132 valence electrons. The number of hydrogen-bond acceptors (Lipinski definition) is 3. The van der Waals surface area contributed by atoms with Gasteiger partial charge in [-0.3, -0.25) is 0 Å². The van der Waals surface area contributed by atoms with Crippen molar-refractivity contribution in [3.05, 3.63) is 29.8 Å². The quantitative estimate of drug-likeness (QED) is 0.844. The summed E-state index contributed by atoms with van der Waals surface area (Å²) in [5.41, 5.74) is 3.39. The van der Waals surface area contributed by atoms with E-state index in [1.807, 2.05) is 0 Å². The first-order chi connectivity index (χ1) is 11.6. The summed E-state index contributed by atoms with van der Waals surface area (Å²) in [4.78, 5) is 7.82. The predicted molar refractivity (Wildman–Crippen MR) is 102 cm³/mol. The predicted octanol–water partition coefficient (Wildman–Crippen LogP) is 3.24. The lowest BCUT2D eigenvalue weighted by atomic mass is 9.71. The van der Waals surface area contributed by atoms with Gasteiger partial charge in [-0.15, -0.1) is 0 Å².